The molecule has 2 aromatic rings. The van der Waals surface area contributed by atoms with Crippen LogP contribution in [-0.4, -0.2) is 20.3 Å². The zero-order chi connectivity index (χ0) is 14.7. The molecular weight excluding hydrogens is 330 g/mol. The number of benzene rings is 2. The second-order valence-electron chi connectivity index (χ2n) is 5.14. The lowest BCUT2D eigenvalue weighted by Crippen LogP contribution is -2.12. The average molecular weight is 348 g/mol. The average Bonchev–Trinajstić information content (AvgIpc) is 2.92. The molecule has 2 aromatic carbocycles. The van der Waals surface area contributed by atoms with E-state index >= 15 is 0 Å². The number of para-hydroxylation sites is 1. The van der Waals surface area contributed by atoms with Gasteiger partial charge in [0, 0.05) is 16.6 Å². The summed E-state index contributed by atoms with van der Waals surface area (Å²) in [5.74, 6) is 2.18. The first-order chi connectivity index (χ1) is 10.3. The van der Waals surface area contributed by atoms with Gasteiger partial charge in [-0.1, -0.05) is 34.1 Å². The second-order valence-corrected chi connectivity index (χ2v) is 5.99. The maximum Gasteiger partial charge on any atom is 0.123 e. The van der Waals surface area contributed by atoms with Crippen LogP contribution in [0.4, 0.5) is 0 Å². The number of hydrogen-bond acceptors (Lipinski definition) is 3. The summed E-state index contributed by atoms with van der Waals surface area (Å²) in [6, 6.07) is 14.3. The SMILES string of the molecule is CNCc1cc(OCC2COc3ccccc32)ccc1Br. The van der Waals surface area contributed by atoms with Gasteiger partial charge in [0.05, 0.1) is 19.1 Å². The van der Waals surface area contributed by atoms with Gasteiger partial charge in [0.1, 0.15) is 11.5 Å². The Balaban J connectivity index is 1.67. The van der Waals surface area contributed by atoms with Gasteiger partial charge in [-0.2, -0.15) is 0 Å². The maximum atomic E-state index is 5.96. The zero-order valence-electron chi connectivity index (χ0n) is 11.9. The molecule has 1 unspecified atom stereocenters. The van der Waals surface area contributed by atoms with Crippen molar-refractivity contribution in [1.29, 1.82) is 0 Å². The van der Waals surface area contributed by atoms with Crippen LogP contribution in [0.2, 0.25) is 0 Å². The molecule has 1 atom stereocenters. The quantitative estimate of drug-likeness (QED) is 0.893. The number of fused-ring (bicyclic) bond motifs is 1. The lowest BCUT2D eigenvalue weighted by atomic mass is 10.0. The molecule has 0 saturated heterocycles. The Morgan fingerprint density at radius 2 is 2.14 bits per heavy atom. The van der Waals surface area contributed by atoms with Crippen molar-refractivity contribution in [3.05, 3.63) is 58.1 Å². The molecule has 0 radical (unpaired) electrons. The highest BCUT2D eigenvalue weighted by Gasteiger charge is 2.24. The molecule has 21 heavy (non-hydrogen) atoms. The van der Waals surface area contributed by atoms with Gasteiger partial charge < -0.3 is 14.8 Å². The normalized spacial score (nSPS) is 16.4. The minimum absolute atomic E-state index is 0.303. The number of hydrogen-bond donors (Lipinski definition) is 1. The van der Waals surface area contributed by atoms with Crippen LogP contribution in [0.3, 0.4) is 0 Å². The highest BCUT2D eigenvalue weighted by molar-refractivity contribution is 9.10. The molecule has 4 heteroatoms. The fourth-order valence-corrected chi connectivity index (χ4v) is 2.92. The Hall–Kier alpha value is -1.52. The molecule has 3 rings (SSSR count). The van der Waals surface area contributed by atoms with E-state index in [1.54, 1.807) is 0 Å². The van der Waals surface area contributed by atoms with E-state index in [0.717, 1.165) is 22.5 Å². The molecule has 0 spiro atoms. The second kappa shape index (κ2) is 6.50. The minimum Gasteiger partial charge on any atom is -0.493 e. The van der Waals surface area contributed by atoms with Gasteiger partial charge in [-0.25, -0.2) is 0 Å². The molecule has 1 heterocycles. The summed E-state index contributed by atoms with van der Waals surface area (Å²) in [5, 5.41) is 3.16. The maximum absolute atomic E-state index is 5.96. The summed E-state index contributed by atoms with van der Waals surface area (Å²) in [6.45, 7) is 2.14. The van der Waals surface area contributed by atoms with Crippen LogP contribution in [-0.2, 0) is 6.54 Å². The van der Waals surface area contributed by atoms with Gasteiger partial charge >= 0.3 is 0 Å². The smallest absolute Gasteiger partial charge is 0.123 e. The van der Waals surface area contributed by atoms with E-state index in [9.17, 15) is 0 Å². The van der Waals surface area contributed by atoms with Gasteiger partial charge in [-0.15, -0.1) is 0 Å². The molecule has 3 nitrogen and oxygen atoms in total. The fourth-order valence-electron chi connectivity index (χ4n) is 2.53. The Morgan fingerprint density at radius 3 is 3.00 bits per heavy atom. The van der Waals surface area contributed by atoms with Crippen molar-refractivity contribution in [3.63, 3.8) is 0 Å². The molecule has 110 valence electrons. The molecule has 1 N–H and O–H groups in total. The lowest BCUT2D eigenvalue weighted by Gasteiger charge is -2.13. The number of rotatable bonds is 5. The van der Waals surface area contributed by atoms with Crippen molar-refractivity contribution in [2.24, 2.45) is 0 Å². The van der Waals surface area contributed by atoms with E-state index in [1.165, 1.54) is 11.1 Å². The third kappa shape index (κ3) is 3.22. The third-order valence-corrected chi connectivity index (χ3v) is 4.41. The van der Waals surface area contributed by atoms with Gasteiger partial charge in [0.2, 0.25) is 0 Å². The van der Waals surface area contributed by atoms with E-state index in [0.29, 0.717) is 19.1 Å². The van der Waals surface area contributed by atoms with Gasteiger partial charge in [-0.05, 0) is 36.9 Å². The molecule has 0 saturated carbocycles. The minimum atomic E-state index is 0.303. The molecule has 0 amide bonds. The molecule has 0 aromatic heterocycles. The van der Waals surface area contributed by atoms with E-state index in [-0.39, 0.29) is 0 Å². The van der Waals surface area contributed by atoms with Crippen LogP contribution in [0, 0.1) is 0 Å². The summed E-state index contributed by atoms with van der Waals surface area (Å²) >= 11 is 3.55. The number of halogens is 1. The van der Waals surface area contributed by atoms with Crippen LogP contribution < -0.4 is 14.8 Å². The zero-order valence-corrected chi connectivity index (χ0v) is 13.5. The van der Waals surface area contributed by atoms with Crippen molar-refractivity contribution in [2.45, 2.75) is 12.5 Å². The Labute approximate surface area is 133 Å². The summed E-state index contributed by atoms with van der Waals surface area (Å²) in [7, 11) is 1.94. The highest BCUT2D eigenvalue weighted by atomic mass is 79.9. The van der Waals surface area contributed by atoms with Crippen molar-refractivity contribution in [1.82, 2.24) is 5.32 Å². The molecule has 1 aliphatic heterocycles. The van der Waals surface area contributed by atoms with Crippen molar-refractivity contribution < 1.29 is 9.47 Å². The van der Waals surface area contributed by atoms with Crippen molar-refractivity contribution >= 4 is 15.9 Å². The van der Waals surface area contributed by atoms with Gasteiger partial charge in [0.15, 0.2) is 0 Å². The van der Waals surface area contributed by atoms with Gasteiger partial charge in [0.25, 0.3) is 0 Å². The molecule has 1 aliphatic rings. The first kappa shape index (κ1) is 14.4. The van der Waals surface area contributed by atoms with E-state index < -0.39 is 0 Å². The lowest BCUT2D eigenvalue weighted by molar-refractivity contribution is 0.248. The Kier molecular flexibility index (Phi) is 4.46. The summed E-state index contributed by atoms with van der Waals surface area (Å²) in [4.78, 5) is 0. The summed E-state index contributed by atoms with van der Waals surface area (Å²) in [6.07, 6.45) is 0. The van der Waals surface area contributed by atoms with E-state index in [1.807, 2.05) is 37.4 Å². The topological polar surface area (TPSA) is 30.5 Å². The van der Waals surface area contributed by atoms with Crippen molar-refractivity contribution in [2.75, 3.05) is 20.3 Å². The first-order valence-electron chi connectivity index (χ1n) is 7.05. The van der Waals surface area contributed by atoms with Gasteiger partial charge in [-0.3, -0.25) is 0 Å². The highest BCUT2D eigenvalue weighted by Crippen LogP contribution is 2.34. The van der Waals surface area contributed by atoms with E-state index in [4.69, 9.17) is 9.47 Å². The molecular formula is C17H18BrNO2. The van der Waals surface area contributed by atoms with E-state index in [2.05, 4.69) is 33.4 Å². The Morgan fingerprint density at radius 1 is 1.29 bits per heavy atom. The first-order valence-corrected chi connectivity index (χ1v) is 7.85. The summed E-state index contributed by atoms with van der Waals surface area (Å²) in [5.41, 5.74) is 2.43. The monoisotopic (exact) mass is 347 g/mol. The molecule has 0 aliphatic carbocycles. The Bertz CT molecular complexity index is 630. The van der Waals surface area contributed by atoms with Crippen LogP contribution in [0.25, 0.3) is 0 Å². The number of nitrogens with one attached hydrogen (secondary N) is 1. The molecule has 0 bridgehead atoms. The van der Waals surface area contributed by atoms with Crippen LogP contribution in [0.5, 0.6) is 11.5 Å². The predicted octanol–water partition coefficient (Wildman–Crippen LogP) is 3.72. The van der Waals surface area contributed by atoms with Crippen molar-refractivity contribution in [3.8, 4) is 11.5 Å². The molecule has 0 fully saturated rings. The predicted molar refractivity (Wildman–Crippen MR) is 87.1 cm³/mol. The summed E-state index contributed by atoms with van der Waals surface area (Å²) < 4.78 is 12.7. The third-order valence-electron chi connectivity index (χ3n) is 3.63. The number of ether oxygens (including phenoxy) is 2. The van der Waals surface area contributed by atoms with Crippen LogP contribution >= 0.6 is 15.9 Å². The fraction of sp³-hybridized carbons (Fsp3) is 0.294. The largest absolute Gasteiger partial charge is 0.493 e. The standard InChI is InChI=1S/C17H18BrNO2/c1-19-9-12-8-14(6-7-16(12)18)20-10-13-11-21-17-5-3-2-4-15(13)17/h2-8,13,19H,9-11H2,1H3. The van der Waals surface area contributed by atoms with Crippen LogP contribution in [0.1, 0.15) is 17.0 Å². The van der Waals surface area contributed by atoms with Crippen LogP contribution in [0.15, 0.2) is 46.9 Å².